The van der Waals surface area contributed by atoms with Crippen LogP contribution in [-0.4, -0.2) is 37.9 Å². The fourth-order valence-corrected chi connectivity index (χ4v) is 1.99. The molecule has 2 saturated heterocycles. The molecule has 3 nitrogen and oxygen atoms in total. The standard InChI is InChI=1S/C8H16N2O/c1-7-4-10-6-8(11-7)2-3-9-5-8/h7,9-10H,2-6H2,1H3. The molecule has 0 amide bonds. The predicted octanol–water partition coefficient (Wildman–Crippen LogP) is -0.273. The van der Waals surface area contributed by atoms with Crippen LogP contribution in [-0.2, 0) is 4.74 Å². The summed E-state index contributed by atoms with van der Waals surface area (Å²) in [4.78, 5) is 0. The molecule has 2 fully saturated rings. The molecule has 0 radical (unpaired) electrons. The van der Waals surface area contributed by atoms with Crippen molar-refractivity contribution in [3.63, 3.8) is 0 Å². The van der Waals surface area contributed by atoms with Crippen LogP contribution in [0.15, 0.2) is 0 Å². The van der Waals surface area contributed by atoms with Crippen LogP contribution in [0.5, 0.6) is 0 Å². The van der Waals surface area contributed by atoms with Gasteiger partial charge in [0, 0.05) is 19.6 Å². The van der Waals surface area contributed by atoms with Gasteiger partial charge in [-0.3, -0.25) is 0 Å². The minimum Gasteiger partial charge on any atom is -0.368 e. The summed E-state index contributed by atoms with van der Waals surface area (Å²) in [7, 11) is 0. The Hall–Kier alpha value is -0.120. The highest BCUT2D eigenvalue weighted by Gasteiger charge is 2.38. The number of morpholine rings is 1. The molecular weight excluding hydrogens is 140 g/mol. The summed E-state index contributed by atoms with van der Waals surface area (Å²) in [5.74, 6) is 0. The molecule has 2 heterocycles. The largest absolute Gasteiger partial charge is 0.368 e. The number of ether oxygens (including phenoxy) is 1. The molecule has 0 bridgehead atoms. The average molecular weight is 156 g/mol. The lowest BCUT2D eigenvalue weighted by atomic mass is 10.0. The Morgan fingerprint density at radius 2 is 2.18 bits per heavy atom. The van der Waals surface area contributed by atoms with Gasteiger partial charge >= 0.3 is 0 Å². The van der Waals surface area contributed by atoms with E-state index >= 15 is 0 Å². The second-order valence-electron chi connectivity index (χ2n) is 3.67. The van der Waals surface area contributed by atoms with Crippen LogP contribution in [0.25, 0.3) is 0 Å². The van der Waals surface area contributed by atoms with E-state index in [2.05, 4.69) is 17.6 Å². The summed E-state index contributed by atoms with van der Waals surface area (Å²) in [5, 5.41) is 6.74. The van der Waals surface area contributed by atoms with Crippen LogP contribution in [0.4, 0.5) is 0 Å². The van der Waals surface area contributed by atoms with E-state index in [1.165, 1.54) is 0 Å². The van der Waals surface area contributed by atoms with Gasteiger partial charge in [0.1, 0.15) is 0 Å². The quantitative estimate of drug-likeness (QED) is 0.506. The molecule has 2 N–H and O–H groups in total. The van der Waals surface area contributed by atoms with E-state index in [1.807, 2.05) is 0 Å². The molecule has 0 aromatic rings. The topological polar surface area (TPSA) is 33.3 Å². The number of hydrogen-bond donors (Lipinski definition) is 2. The van der Waals surface area contributed by atoms with Crippen molar-refractivity contribution in [3.05, 3.63) is 0 Å². The zero-order valence-electron chi connectivity index (χ0n) is 7.02. The Morgan fingerprint density at radius 3 is 2.82 bits per heavy atom. The van der Waals surface area contributed by atoms with Gasteiger partial charge in [-0.05, 0) is 19.9 Å². The maximum atomic E-state index is 5.91. The van der Waals surface area contributed by atoms with Crippen molar-refractivity contribution in [2.24, 2.45) is 0 Å². The summed E-state index contributed by atoms with van der Waals surface area (Å²) >= 11 is 0. The van der Waals surface area contributed by atoms with Crippen LogP contribution >= 0.6 is 0 Å². The number of nitrogens with one attached hydrogen (secondary N) is 2. The average Bonchev–Trinajstić information content (AvgIpc) is 2.37. The SMILES string of the molecule is CC1CNCC2(CCNC2)O1. The third kappa shape index (κ3) is 1.41. The van der Waals surface area contributed by atoms with E-state index in [0.29, 0.717) is 6.10 Å². The molecule has 2 aliphatic heterocycles. The first-order chi connectivity index (χ1) is 5.31. The fourth-order valence-electron chi connectivity index (χ4n) is 1.99. The molecule has 0 aromatic carbocycles. The van der Waals surface area contributed by atoms with Gasteiger partial charge in [-0.1, -0.05) is 0 Å². The minimum absolute atomic E-state index is 0.123. The van der Waals surface area contributed by atoms with Gasteiger partial charge in [0.2, 0.25) is 0 Å². The van der Waals surface area contributed by atoms with Crippen LogP contribution in [0.1, 0.15) is 13.3 Å². The summed E-state index contributed by atoms with van der Waals surface area (Å²) in [6.45, 7) is 6.27. The Bertz CT molecular complexity index is 143. The van der Waals surface area contributed by atoms with E-state index in [-0.39, 0.29) is 5.60 Å². The Labute approximate surface area is 67.5 Å². The van der Waals surface area contributed by atoms with Crippen LogP contribution in [0.3, 0.4) is 0 Å². The van der Waals surface area contributed by atoms with E-state index in [9.17, 15) is 0 Å². The Morgan fingerprint density at radius 1 is 1.36 bits per heavy atom. The smallest absolute Gasteiger partial charge is 0.0946 e. The van der Waals surface area contributed by atoms with Gasteiger partial charge in [-0.25, -0.2) is 0 Å². The normalized spacial score (nSPS) is 45.0. The van der Waals surface area contributed by atoms with Gasteiger partial charge in [-0.2, -0.15) is 0 Å². The molecule has 1 spiro atoms. The lowest BCUT2D eigenvalue weighted by molar-refractivity contribution is -0.0957. The monoisotopic (exact) mass is 156 g/mol. The minimum atomic E-state index is 0.123. The van der Waals surface area contributed by atoms with Crippen molar-refractivity contribution in [2.45, 2.75) is 25.0 Å². The van der Waals surface area contributed by atoms with Gasteiger partial charge in [-0.15, -0.1) is 0 Å². The first kappa shape index (κ1) is 7.53. The number of hydrogen-bond acceptors (Lipinski definition) is 3. The third-order valence-electron chi connectivity index (χ3n) is 2.53. The van der Waals surface area contributed by atoms with E-state index in [1.54, 1.807) is 0 Å². The van der Waals surface area contributed by atoms with Gasteiger partial charge in [0.05, 0.1) is 11.7 Å². The van der Waals surface area contributed by atoms with Crippen LogP contribution in [0.2, 0.25) is 0 Å². The first-order valence-electron chi connectivity index (χ1n) is 4.40. The molecule has 0 saturated carbocycles. The second kappa shape index (κ2) is 2.73. The van der Waals surface area contributed by atoms with E-state index in [4.69, 9.17) is 4.74 Å². The Balaban J connectivity index is 2.00. The highest BCUT2D eigenvalue weighted by Crippen LogP contribution is 2.23. The van der Waals surface area contributed by atoms with Crippen molar-refractivity contribution in [1.29, 1.82) is 0 Å². The lowest BCUT2D eigenvalue weighted by Crippen LogP contribution is -2.54. The van der Waals surface area contributed by atoms with E-state index in [0.717, 1.165) is 32.6 Å². The molecule has 2 rings (SSSR count). The molecular formula is C8H16N2O. The zero-order valence-corrected chi connectivity index (χ0v) is 7.02. The molecule has 0 aromatic heterocycles. The van der Waals surface area contributed by atoms with Crippen molar-refractivity contribution in [1.82, 2.24) is 10.6 Å². The molecule has 0 aliphatic carbocycles. The number of rotatable bonds is 0. The van der Waals surface area contributed by atoms with Crippen molar-refractivity contribution < 1.29 is 4.74 Å². The summed E-state index contributed by atoms with van der Waals surface area (Å²) < 4.78 is 5.91. The van der Waals surface area contributed by atoms with Crippen LogP contribution in [0, 0.1) is 0 Å². The van der Waals surface area contributed by atoms with Crippen molar-refractivity contribution in [2.75, 3.05) is 26.2 Å². The first-order valence-corrected chi connectivity index (χ1v) is 4.40. The lowest BCUT2D eigenvalue weighted by Gasteiger charge is -2.37. The van der Waals surface area contributed by atoms with E-state index < -0.39 is 0 Å². The highest BCUT2D eigenvalue weighted by atomic mass is 16.5. The maximum Gasteiger partial charge on any atom is 0.0946 e. The molecule has 2 unspecified atom stereocenters. The summed E-state index contributed by atoms with van der Waals surface area (Å²) in [5.41, 5.74) is 0.123. The summed E-state index contributed by atoms with van der Waals surface area (Å²) in [6, 6.07) is 0. The van der Waals surface area contributed by atoms with Crippen molar-refractivity contribution in [3.8, 4) is 0 Å². The summed E-state index contributed by atoms with van der Waals surface area (Å²) in [6.07, 6.45) is 1.54. The van der Waals surface area contributed by atoms with Gasteiger partial charge in [0.15, 0.2) is 0 Å². The van der Waals surface area contributed by atoms with Gasteiger partial charge in [0.25, 0.3) is 0 Å². The second-order valence-corrected chi connectivity index (χ2v) is 3.67. The molecule has 3 heteroatoms. The molecule has 11 heavy (non-hydrogen) atoms. The predicted molar refractivity (Wildman–Crippen MR) is 43.6 cm³/mol. The fraction of sp³-hybridized carbons (Fsp3) is 1.00. The van der Waals surface area contributed by atoms with Crippen LogP contribution < -0.4 is 10.6 Å². The molecule has 2 atom stereocenters. The molecule has 2 aliphatic rings. The zero-order chi connectivity index (χ0) is 7.73. The van der Waals surface area contributed by atoms with Gasteiger partial charge < -0.3 is 15.4 Å². The maximum absolute atomic E-state index is 5.91. The highest BCUT2D eigenvalue weighted by molar-refractivity contribution is 4.94. The Kier molecular flexibility index (Phi) is 1.87. The molecule has 64 valence electrons. The van der Waals surface area contributed by atoms with Crippen molar-refractivity contribution >= 4 is 0 Å². The third-order valence-corrected chi connectivity index (χ3v) is 2.53.